The Morgan fingerprint density at radius 3 is 2.71 bits per heavy atom. The Hall–Kier alpha value is -3.06. The molecule has 0 aliphatic carbocycles. The SMILES string of the molecule is Cc1nc(Nc2nc(C)c(C)s2)cc([C@H]2CCCN(C(=O)/C=C/c3ccccc3)C2)n1. The second-order valence-corrected chi connectivity index (χ2v) is 9.08. The van der Waals surface area contributed by atoms with Crippen LogP contribution in [0.2, 0.25) is 0 Å². The summed E-state index contributed by atoms with van der Waals surface area (Å²) < 4.78 is 0. The van der Waals surface area contributed by atoms with Gasteiger partial charge in [0.1, 0.15) is 11.6 Å². The summed E-state index contributed by atoms with van der Waals surface area (Å²) in [7, 11) is 0. The number of piperidine rings is 1. The van der Waals surface area contributed by atoms with Crippen molar-refractivity contribution in [1.29, 1.82) is 0 Å². The highest BCUT2D eigenvalue weighted by atomic mass is 32.1. The average Bonchev–Trinajstić information content (AvgIpc) is 3.09. The van der Waals surface area contributed by atoms with Gasteiger partial charge in [-0.05, 0) is 45.3 Å². The molecule has 1 aromatic carbocycles. The number of benzene rings is 1. The third kappa shape index (κ3) is 5.35. The number of nitrogens with one attached hydrogen (secondary N) is 1. The molecule has 0 unspecified atom stereocenters. The van der Waals surface area contributed by atoms with E-state index >= 15 is 0 Å². The Bertz CT molecular complexity index is 1070. The molecule has 1 saturated heterocycles. The first-order valence-electron chi connectivity index (χ1n) is 10.6. The van der Waals surface area contributed by atoms with Crippen LogP contribution in [0.25, 0.3) is 6.08 Å². The number of thiazole rings is 1. The van der Waals surface area contributed by atoms with E-state index in [1.54, 1.807) is 17.4 Å². The normalized spacial score (nSPS) is 16.6. The van der Waals surface area contributed by atoms with E-state index in [2.05, 4.69) is 27.2 Å². The largest absolute Gasteiger partial charge is 0.338 e. The van der Waals surface area contributed by atoms with Crippen LogP contribution in [-0.4, -0.2) is 38.8 Å². The number of nitrogens with zero attached hydrogens (tertiary/aromatic N) is 4. The van der Waals surface area contributed by atoms with Gasteiger partial charge >= 0.3 is 0 Å². The molecule has 1 aliphatic heterocycles. The highest BCUT2D eigenvalue weighted by molar-refractivity contribution is 7.15. The van der Waals surface area contributed by atoms with Crippen LogP contribution in [0.4, 0.5) is 10.9 Å². The lowest BCUT2D eigenvalue weighted by Gasteiger charge is -2.32. The summed E-state index contributed by atoms with van der Waals surface area (Å²) >= 11 is 1.62. The minimum atomic E-state index is 0.0476. The van der Waals surface area contributed by atoms with Gasteiger partial charge in [0.25, 0.3) is 0 Å². The number of hydrogen-bond donors (Lipinski definition) is 1. The number of likely N-dealkylation sites (tertiary alicyclic amines) is 1. The molecule has 6 nitrogen and oxygen atoms in total. The highest BCUT2D eigenvalue weighted by Crippen LogP contribution is 2.29. The zero-order chi connectivity index (χ0) is 21.8. The van der Waals surface area contributed by atoms with E-state index in [1.807, 2.05) is 61.2 Å². The monoisotopic (exact) mass is 433 g/mol. The summed E-state index contributed by atoms with van der Waals surface area (Å²) in [6, 6.07) is 11.9. The molecule has 31 heavy (non-hydrogen) atoms. The van der Waals surface area contributed by atoms with Crippen molar-refractivity contribution in [3.63, 3.8) is 0 Å². The number of carbonyl (C=O) groups excluding carboxylic acids is 1. The standard InChI is InChI=1S/C24H27N5OS/c1-16-17(2)31-24(25-16)28-22-14-21(26-18(3)27-22)20-10-7-13-29(15-20)23(30)12-11-19-8-5-4-6-9-19/h4-6,8-9,11-12,14,20H,7,10,13,15H2,1-3H3,(H,25,26,27,28)/b12-11+/t20-/m0/s1. The van der Waals surface area contributed by atoms with E-state index in [-0.39, 0.29) is 11.8 Å². The molecular weight excluding hydrogens is 406 g/mol. The van der Waals surface area contributed by atoms with Crippen LogP contribution in [-0.2, 0) is 4.79 Å². The Morgan fingerprint density at radius 2 is 1.97 bits per heavy atom. The van der Waals surface area contributed by atoms with E-state index in [4.69, 9.17) is 0 Å². The van der Waals surface area contributed by atoms with Gasteiger partial charge in [0, 0.05) is 36.0 Å². The molecule has 3 heterocycles. The fourth-order valence-corrected chi connectivity index (χ4v) is 4.58. The second-order valence-electron chi connectivity index (χ2n) is 7.88. The average molecular weight is 434 g/mol. The van der Waals surface area contributed by atoms with Crippen LogP contribution < -0.4 is 5.32 Å². The van der Waals surface area contributed by atoms with Gasteiger partial charge in [-0.3, -0.25) is 4.79 Å². The lowest BCUT2D eigenvalue weighted by atomic mass is 9.94. The lowest BCUT2D eigenvalue weighted by molar-refractivity contribution is -0.127. The molecule has 1 fully saturated rings. The quantitative estimate of drug-likeness (QED) is 0.572. The molecule has 2 aromatic heterocycles. The zero-order valence-electron chi connectivity index (χ0n) is 18.1. The number of rotatable bonds is 5. The highest BCUT2D eigenvalue weighted by Gasteiger charge is 2.25. The molecule has 0 radical (unpaired) electrons. The van der Waals surface area contributed by atoms with Gasteiger partial charge in [-0.25, -0.2) is 15.0 Å². The molecule has 1 amide bonds. The molecule has 7 heteroatoms. The number of amides is 1. The Balaban J connectivity index is 1.46. The fraction of sp³-hybridized carbons (Fsp3) is 0.333. The van der Waals surface area contributed by atoms with Crippen LogP contribution in [0.1, 0.15) is 46.4 Å². The first-order chi connectivity index (χ1) is 15.0. The molecule has 1 atom stereocenters. The molecule has 0 spiro atoms. The smallest absolute Gasteiger partial charge is 0.246 e. The molecule has 1 N–H and O–H groups in total. The van der Waals surface area contributed by atoms with Gasteiger partial charge in [-0.2, -0.15) is 0 Å². The van der Waals surface area contributed by atoms with Gasteiger partial charge in [-0.15, -0.1) is 11.3 Å². The third-order valence-corrected chi connectivity index (χ3v) is 6.48. The van der Waals surface area contributed by atoms with Gasteiger partial charge in [0.05, 0.1) is 11.4 Å². The number of carbonyl (C=O) groups is 1. The summed E-state index contributed by atoms with van der Waals surface area (Å²) in [5.41, 5.74) is 3.03. The van der Waals surface area contributed by atoms with Crippen molar-refractivity contribution in [2.24, 2.45) is 0 Å². The van der Waals surface area contributed by atoms with E-state index in [0.717, 1.165) is 53.1 Å². The van der Waals surface area contributed by atoms with Crippen molar-refractivity contribution in [3.8, 4) is 0 Å². The summed E-state index contributed by atoms with van der Waals surface area (Å²) in [5, 5.41) is 4.16. The predicted molar refractivity (Wildman–Crippen MR) is 126 cm³/mol. The van der Waals surface area contributed by atoms with Gasteiger partial charge in [0.2, 0.25) is 5.91 Å². The van der Waals surface area contributed by atoms with Crippen LogP contribution >= 0.6 is 11.3 Å². The lowest BCUT2D eigenvalue weighted by Crippen LogP contribution is -2.38. The van der Waals surface area contributed by atoms with Crippen LogP contribution in [0, 0.1) is 20.8 Å². The van der Waals surface area contributed by atoms with E-state index in [1.165, 1.54) is 4.88 Å². The maximum Gasteiger partial charge on any atom is 0.246 e. The zero-order valence-corrected chi connectivity index (χ0v) is 18.9. The minimum Gasteiger partial charge on any atom is -0.338 e. The first-order valence-corrected chi connectivity index (χ1v) is 11.4. The molecule has 0 bridgehead atoms. The van der Waals surface area contributed by atoms with Crippen LogP contribution in [0.5, 0.6) is 0 Å². The number of anilines is 2. The Labute approximate surface area is 187 Å². The molecule has 3 aromatic rings. The van der Waals surface area contributed by atoms with Crippen molar-refractivity contribution in [2.75, 3.05) is 18.4 Å². The van der Waals surface area contributed by atoms with E-state index < -0.39 is 0 Å². The Kier molecular flexibility index (Phi) is 6.42. The van der Waals surface area contributed by atoms with Crippen molar-refractivity contribution < 1.29 is 4.79 Å². The summed E-state index contributed by atoms with van der Waals surface area (Å²) in [5.74, 6) is 1.72. The second kappa shape index (κ2) is 9.39. The molecule has 4 rings (SSSR count). The van der Waals surface area contributed by atoms with Gasteiger partial charge in [-0.1, -0.05) is 30.3 Å². The number of hydrogen-bond acceptors (Lipinski definition) is 6. The summed E-state index contributed by atoms with van der Waals surface area (Å²) in [6.07, 6.45) is 5.52. The van der Waals surface area contributed by atoms with Crippen molar-refractivity contribution >= 4 is 34.3 Å². The van der Waals surface area contributed by atoms with Crippen LogP contribution in [0.15, 0.2) is 42.5 Å². The maximum absolute atomic E-state index is 12.7. The maximum atomic E-state index is 12.7. The van der Waals surface area contributed by atoms with E-state index in [0.29, 0.717) is 6.54 Å². The van der Waals surface area contributed by atoms with Gasteiger partial charge < -0.3 is 10.2 Å². The fourth-order valence-electron chi connectivity index (χ4n) is 3.76. The Morgan fingerprint density at radius 1 is 1.16 bits per heavy atom. The molecular formula is C24H27N5OS. The van der Waals surface area contributed by atoms with Crippen molar-refractivity contribution in [3.05, 3.63) is 70.1 Å². The molecule has 1 aliphatic rings. The topological polar surface area (TPSA) is 71.0 Å². The first kappa shape index (κ1) is 21.2. The van der Waals surface area contributed by atoms with Crippen molar-refractivity contribution in [2.45, 2.75) is 39.5 Å². The summed E-state index contributed by atoms with van der Waals surface area (Å²) in [6.45, 7) is 7.42. The minimum absolute atomic E-state index is 0.0476. The van der Waals surface area contributed by atoms with Gasteiger partial charge in [0.15, 0.2) is 5.13 Å². The molecule has 0 saturated carbocycles. The predicted octanol–water partition coefficient (Wildman–Crippen LogP) is 5.02. The number of aromatic nitrogens is 3. The van der Waals surface area contributed by atoms with E-state index in [9.17, 15) is 4.79 Å². The number of aryl methyl sites for hydroxylation is 3. The summed E-state index contributed by atoms with van der Waals surface area (Å²) in [4.78, 5) is 29.6. The van der Waals surface area contributed by atoms with Crippen LogP contribution in [0.3, 0.4) is 0 Å². The third-order valence-electron chi connectivity index (χ3n) is 5.49. The van der Waals surface area contributed by atoms with Crippen molar-refractivity contribution in [1.82, 2.24) is 19.9 Å². The molecule has 160 valence electrons.